The number of carbonyl (C=O) groups excluding carboxylic acids is 2. The predicted molar refractivity (Wildman–Crippen MR) is 131 cm³/mol. The second-order valence-corrected chi connectivity index (χ2v) is 7.53. The molecule has 0 aliphatic heterocycles. The normalized spacial score (nSPS) is 10.5. The topological polar surface area (TPSA) is 91.3 Å². The van der Waals surface area contributed by atoms with E-state index in [-0.39, 0.29) is 17.1 Å². The lowest BCUT2D eigenvalue weighted by molar-refractivity contribution is 0.101. The maximum atomic E-state index is 13.1. The molecule has 0 bridgehead atoms. The van der Waals surface area contributed by atoms with Crippen LogP contribution in [-0.4, -0.2) is 28.8 Å². The van der Waals surface area contributed by atoms with Crippen LogP contribution in [0.1, 0.15) is 27.6 Å². The first kappa shape index (κ1) is 21.8. The second kappa shape index (κ2) is 9.36. The van der Waals surface area contributed by atoms with Gasteiger partial charge in [0.2, 0.25) is 0 Å². The lowest BCUT2D eigenvalue weighted by Crippen LogP contribution is -2.15. The first-order chi connectivity index (χ1) is 16.0. The smallest absolute Gasteiger partial charge is 0.259 e. The van der Waals surface area contributed by atoms with Crippen molar-refractivity contribution in [3.8, 4) is 28.1 Å². The van der Waals surface area contributed by atoms with Gasteiger partial charge in [-0.05, 0) is 60.5 Å². The van der Waals surface area contributed by atoms with E-state index in [2.05, 4.69) is 15.6 Å². The van der Waals surface area contributed by atoms with E-state index in [1.54, 1.807) is 31.3 Å². The number of phenols is 1. The molecule has 1 aromatic heterocycles. The lowest BCUT2D eigenvalue weighted by Gasteiger charge is -2.13. The summed E-state index contributed by atoms with van der Waals surface area (Å²) in [6.45, 7) is 1.45. The van der Waals surface area contributed by atoms with E-state index in [4.69, 9.17) is 0 Å². The maximum Gasteiger partial charge on any atom is 0.259 e. The largest absolute Gasteiger partial charge is 0.507 e. The lowest BCUT2D eigenvalue weighted by atomic mass is 10.00. The van der Waals surface area contributed by atoms with Crippen LogP contribution in [0.3, 0.4) is 0 Å². The van der Waals surface area contributed by atoms with Crippen LogP contribution in [0.5, 0.6) is 5.75 Å². The Morgan fingerprint density at radius 2 is 1.55 bits per heavy atom. The van der Waals surface area contributed by atoms with Gasteiger partial charge in [0, 0.05) is 18.2 Å². The van der Waals surface area contributed by atoms with Crippen molar-refractivity contribution in [1.29, 1.82) is 0 Å². The number of nitrogens with one attached hydrogen (secondary N) is 2. The molecule has 3 aromatic carbocycles. The molecule has 4 aromatic rings. The van der Waals surface area contributed by atoms with Crippen LogP contribution in [0.15, 0.2) is 84.9 Å². The number of ketones is 1. The van der Waals surface area contributed by atoms with Gasteiger partial charge in [0.15, 0.2) is 5.78 Å². The molecular weight excluding hydrogens is 414 g/mol. The number of amides is 1. The Hall–Kier alpha value is -4.45. The van der Waals surface area contributed by atoms with Crippen molar-refractivity contribution < 1.29 is 14.7 Å². The summed E-state index contributed by atoms with van der Waals surface area (Å²) in [7, 11) is 1.78. The summed E-state index contributed by atoms with van der Waals surface area (Å²) in [4.78, 5) is 29.8. The summed E-state index contributed by atoms with van der Waals surface area (Å²) in [5.41, 5.74) is 4.02. The van der Waals surface area contributed by atoms with Gasteiger partial charge in [-0.3, -0.25) is 9.59 Å². The van der Waals surface area contributed by atoms with Crippen molar-refractivity contribution in [3.05, 3.63) is 96.1 Å². The fraction of sp³-hybridized carbons (Fsp3) is 0.0741. The molecule has 6 nitrogen and oxygen atoms in total. The first-order valence-electron chi connectivity index (χ1n) is 10.5. The molecule has 164 valence electrons. The van der Waals surface area contributed by atoms with E-state index >= 15 is 0 Å². The number of aromatic hydroxyl groups is 1. The van der Waals surface area contributed by atoms with E-state index in [1.165, 1.54) is 13.0 Å². The van der Waals surface area contributed by atoms with Crippen LogP contribution in [0, 0.1) is 0 Å². The zero-order valence-electron chi connectivity index (χ0n) is 18.3. The van der Waals surface area contributed by atoms with Crippen LogP contribution < -0.4 is 10.6 Å². The number of carbonyl (C=O) groups is 2. The molecule has 0 aliphatic carbocycles. The van der Waals surface area contributed by atoms with Crippen molar-refractivity contribution in [2.75, 3.05) is 17.7 Å². The van der Waals surface area contributed by atoms with Crippen molar-refractivity contribution in [2.45, 2.75) is 6.92 Å². The number of pyridine rings is 1. The third-order valence-electron chi connectivity index (χ3n) is 5.30. The second-order valence-electron chi connectivity index (χ2n) is 7.53. The van der Waals surface area contributed by atoms with E-state index in [0.29, 0.717) is 28.3 Å². The van der Waals surface area contributed by atoms with E-state index < -0.39 is 5.91 Å². The van der Waals surface area contributed by atoms with E-state index in [9.17, 15) is 14.7 Å². The van der Waals surface area contributed by atoms with Crippen LogP contribution in [0.2, 0.25) is 0 Å². The highest BCUT2D eigenvalue weighted by Crippen LogP contribution is 2.29. The quantitative estimate of drug-likeness (QED) is 0.341. The molecule has 0 aliphatic rings. The molecule has 0 spiro atoms. The molecule has 0 atom stereocenters. The summed E-state index contributed by atoms with van der Waals surface area (Å²) in [5, 5.41) is 16.2. The van der Waals surface area contributed by atoms with Crippen molar-refractivity contribution in [2.24, 2.45) is 0 Å². The van der Waals surface area contributed by atoms with Crippen molar-refractivity contribution >= 4 is 23.2 Å². The fourth-order valence-corrected chi connectivity index (χ4v) is 3.57. The number of benzene rings is 3. The highest BCUT2D eigenvalue weighted by Gasteiger charge is 2.17. The number of Topliss-reactive ketones (excluding diaryl/α,β-unsaturated/α-hetero) is 1. The fourth-order valence-electron chi connectivity index (χ4n) is 3.57. The molecule has 0 fully saturated rings. The molecule has 0 radical (unpaired) electrons. The summed E-state index contributed by atoms with van der Waals surface area (Å²) < 4.78 is 0. The predicted octanol–water partition coefficient (Wildman–Crippen LogP) is 5.62. The van der Waals surface area contributed by atoms with Crippen LogP contribution >= 0.6 is 0 Å². The summed E-state index contributed by atoms with van der Waals surface area (Å²) in [5.74, 6) is -0.164. The minimum atomic E-state index is -0.521. The number of hydrogen-bond donors (Lipinski definition) is 3. The molecule has 6 heteroatoms. The molecule has 3 N–H and O–H groups in total. The summed E-state index contributed by atoms with van der Waals surface area (Å²) >= 11 is 0. The van der Waals surface area contributed by atoms with Gasteiger partial charge in [-0.15, -0.1) is 0 Å². The number of hydrogen-bond acceptors (Lipinski definition) is 5. The molecule has 33 heavy (non-hydrogen) atoms. The number of phenolic OH excluding ortho intramolecular Hbond substituents is 1. The average Bonchev–Trinajstić information content (AvgIpc) is 2.84. The highest BCUT2D eigenvalue weighted by molar-refractivity contribution is 6.11. The minimum absolute atomic E-state index is 0.0868. The van der Waals surface area contributed by atoms with Gasteiger partial charge in [-0.1, -0.05) is 42.5 Å². The Morgan fingerprint density at radius 3 is 2.27 bits per heavy atom. The summed E-state index contributed by atoms with van der Waals surface area (Å²) in [6.07, 6.45) is 0. The zero-order chi connectivity index (χ0) is 23.4. The number of anilines is 2. The van der Waals surface area contributed by atoms with Gasteiger partial charge < -0.3 is 15.7 Å². The van der Waals surface area contributed by atoms with Gasteiger partial charge in [0.05, 0.1) is 16.9 Å². The number of rotatable bonds is 6. The van der Waals surface area contributed by atoms with Crippen molar-refractivity contribution in [1.82, 2.24) is 4.98 Å². The molecule has 1 amide bonds. The van der Waals surface area contributed by atoms with Crippen LogP contribution in [0.25, 0.3) is 22.4 Å². The minimum Gasteiger partial charge on any atom is -0.507 e. The molecule has 4 rings (SSSR count). The molecular formula is C27H23N3O3. The third kappa shape index (κ3) is 4.75. The third-order valence-corrected chi connectivity index (χ3v) is 5.30. The average molecular weight is 437 g/mol. The van der Waals surface area contributed by atoms with Crippen molar-refractivity contribution in [3.63, 3.8) is 0 Å². The zero-order valence-corrected chi connectivity index (χ0v) is 18.3. The monoisotopic (exact) mass is 437 g/mol. The molecule has 0 saturated heterocycles. The van der Waals surface area contributed by atoms with Gasteiger partial charge in [0.25, 0.3) is 5.91 Å². The van der Waals surface area contributed by atoms with Gasteiger partial charge in [0.1, 0.15) is 11.6 Å². The Labute approximate surface area is 191 Å². The molecule has 0 saturated carbocycles. The van der Waals surface area contributed by atoms with E-state index in [1.807, 2.05) is 54.6 Å². The number of nitrogens with zero attached hydrogens (tertiary/aromatic N) is 1. The first-order valence-corrected chi connectivity index (χ1v) is 10.5. The standard InChI is InChI=1S/C27H23N3O3/c1-17(31)21-13-11-19(18-7-4-3-5-8-18)16-24(21)30-27(33)22-15-20(12-14-25(22)32)23-9-6-10-26(28-2)29-23/h3-16,32H,1-2H3,(H,28,29)(H,30,33). The Morgan fingerprint density at radius 1 is 0.788 bits per heavy atom. The molecule has 0 unspecified atom stereocenters. The Balaban J connectivity index is 1.70. The SMILES string of the molecule is CNc1cccc(-c2ccc(O)c(C(=O)Nc3cc(-c4ccccc4)ccc3C(C)=O)c2)n1. The number of aromatic nitrogens is 1. The van der Waals surface area contributed by atoms with Crippen LogP contribution in [0.4, 0.5) is 11.5 Å². The van der Waals surface area contributed by atoms with Gasteiger partial charge in [-0.2, -0.15) is 0 Å². The van der Waals surface area contributed by atoms with Gasteiger partial charge in [-0.25, -0.2) is 4.98 Å². The van der Waals surface area contributed by atoms with Crippen LogP contribution in [-0.2, 0) is 0 Å². The highest BCUT2D eigenvalue weighted by atomic mass is 16.3. The maximum absolute atomic E-state index is 13.1. The Kier molecular flexibility index (Phi) is 6.17. The van der Waals surface area contributed by atoms with E-state index in [0.717, 1.165) is 11.1 Å². The van der Waals surface area contributed by atoms with Gasteiger partial charge >= 0.3 is 0 Å². The summed E-state index contributed by atoms with van der Waals surface area (Å²) in [6, 6.07) is 25.3. The molecule has 1 heterocycles. The Bertz CT molecular complexity index is 1330.